The lowest BCUT2D eigenvalue weighted by Gasteiger charge is -2.15. The number of aromatic nitrogens is 1. The van der Waals surface area contributed by atoms with Crippen LogP contribution < -0.4 is 10.6 Å². The molecule has 2 amide bonds. The molecule has 0 saturated heterocycles. The highest BCUT2D eigenvalue weighted by atomic mass is 16.2. The SMILES string of the molecule is Cc1cc(-c2ccc(NC(=O)NC(C)c3cccc(C#N)c3)cc2)ccn1. The molecule has 2 N–H and O–H groups in total. The van der Waals surface area contributed by atoms with Gasteiger partial charge in [-0.15, -0.1) is 0 Å². The van der Waals surface area contributed by atoms with Gasteiger partial charge in [0, 0.05) is 17.6 Å². The topological polar surface area (TPSA) is 77.8 Å². The second-order valence-electron chi connectivity index (χ2n) is 6.32. The summed E-state index contributed by atoms with van der Waals surface area (Å²) in [5.41, 5.74) is 5.28. The van der Waals surface area contributed by atoms with Crippen LogP contribution in [-0.4, -0.2) is 11.0 Å². The van der Waals surface area contributed by atoms with Gasteiger partial charge in [0.2, 0.25) is 0 Å². The predicted octanol–water partition coefficient (Wildman–Crippen LogP) is 4.81. The van der Waals surface area contributed by atoms with Crippen molar-refractivity contribution in [3.63, 3.8) is 0 Å². The number of pyridine rings is 1. The Morgan fingerprint density at radius 1 is 1.07 bits per heavy atom. The highest BCUT2D eigenvalue weighted by molar-refractivity contribution is 5.89. The van der Waals surface area contributed by atoms with Crippen LogP contribution in [0.5, 0.6) is 0 Å². The van der Waals surface area contributed by atoms with Crippen molar-refractivity contribution in [2.24, 2.45) is 0 Å². The third kappa shape index (κ3) is 4.71. The van der Waals surface area contributed by atoms with Crippen molar-refractivity contribution >= 4 is 11.7 Å². The van der Waals surface area contributed by atoms with Gasteiger partial charge in [0.1, 0.15) is 0 Å². The molecule has 1 aromatic heterocycles. The monoisotopic (exact) mass is 356 g/mol. The van der Waals surface area contributed by atoms with E-state index in [9.17, 15) is 4.79 Å². The van der Waals surface area contributed by atoms with E-state index in [0.717, 1.165) is 22.4 Å². The average molecular weight is 356 g/mol. The zero-order valence-electron chi connectivity index (χ0n) is 15.2. The molecule has 1 heterocycles. The number of nitrogens with one attached hydrogen (secondary N) is 2. The molecule has 27 heavy (non-hydrogen) atoms. The van der Waals surface area contributed by atoms with Crippen molar-refractivity contribution in [2.75, 3.05) is 5.32 Å². The van der Waals surface area contributed by atoms with Gasteiger partial charge in [-0.1, -0.05) is 24.3 Å². The van der Waals surface area contributed by atoms with E-state index in [1.54, 1.807) is 18.3 Å². The maximum Gasteiger partial charge on any atom is 0.319 e. The number of amides is 2. The molecular weight excluding hydrogens is 336 g/mol. The van der Waals surface area contributed by atoms with Crippen LogP contribution in [0.4, 0.5) is 10.5 Å². The van der Waals surface area contributed by atoms with Crippen molar-refractivity contribution in [2.45, 2.75) is 19.9 Å². The van der Waals surface area contributed by atoms with Gasteiger partial charge in [-0.2, -0.15) is 5.26 Å². The molecule has 1 atom stereocenters. The summed E-state index contributed by atoms with van der Waals surface area (Å²) >= 11 is 0. The average Bonchev–Trinajstić information content (AvgIpc) is 2.68. The molecule has 5 heteroatoms. The molecule has 1 unspecified atom stereocenters. The Morgan fingerprint density at radius 2 is 1.85 bits per heavy atom. The second kappa shape index (κ2) is 8.15. The van der Waals surface area contributed by atoms with Gasteiger partial charge in [-0.25, -0.2) is 4.79 Å². The Balaban J connectivity index is 1.63. The van der Waals surface area contributed by atoms with Gasteiger partial charge in [-0.05, 0) is 66.9 Å². The van der Waals surface area contributed by atoms with Crippen LogP contribution in [-0.2, 0) is 0 Å². The standard InChI is InChI=1S/C22H20N4O/c1-15-12-20(10-11-24-15)18-6-8-21(9-7-18)26-22(27)25-16(2)19-5-3-4-17(13-19)14-23/h3-13,16H,1-2H3,(H2,25,26,27). The summed E-state index contributed by atoms with van der Waals surface area (Å²) in [5.74, 6) is 0. The molecule has 3 aromatic rings. The van der Waals surface area contributed by atoms with Gasteiger partial charge in [0.05, 0.1) is 17.7 Å². The lowest BCUT2D eigenvalue weighted by Crippen LogP contribution is -2.31. The number of urea groups is 1. The molecule has 0 aliphatic carbocycles. The Morgan fingerprint density at radius 3 is 2.56 bits per heavy atom. The maximum atomic E-state index is 12.3. The number of anilines is 1. The van der Waals surface area contributed by atoms with Gasteiger partial charge in [0.15, 0.2) is 0 Å². The first kappa shape index (κ1) is 18.2. The van der Waals surface area contributed by atoms with E-state index >= 15 is 0 Å². The van der Waals surface area contributed by atoms with Crippen molar-refractivity contribution in [1.29, 1.82) is 5.26 Å². The van der Waals surface area contributed by atoms with E-state index in [0.29, 0.717) is 11.3 Å². The van der Waals surface area contributed by atoms with E-state index in [-0.39, 0.29) is 12.1 Å². The summed E-state index contributed by atoms with van der Waals surface area (Å²) in [6.07, 6.45) is 1.78. The van der Waals surface area contributed by atoms with E-state index in [1.165, 1.54) is 0 Å². The van der Waals surface area contributed by atoms with E-state index in [4.69, 9.17) is 5.26 Å². The lowest BCUT2D eigenvalue weighted by atomic mass is 10.1. The predicted molar refractivity (Wildman–Crippen MR) is 106 cm³/mol. The van der Waals surface area contributed by atoms with Crippen molar-refractivity contribution in [3.8, 4) is 17.2 Å². The molecular formula is C22H20N4O. The fourth-order valence-corrected chi connectivity index (χ4v) is 2.80. The Labute approximate surface area is 158 Å². The molecule has 0 saturated carbocycles. The first-order chi connectivity index (χ1) is 13.0. The van der Waals surface area contributed by atoms with Gasteiger partial charge in [-0.3, -0.25) is 4.98 Å². The van der Waals surface area contributed by atoms with Crippen molar-refractivity contribution in [3.05, 3.63) is 83.7 Å². The lowest BCUT2D eigenvalue weighted by molar-refractivity contribution is 0.249. The highest BCUT2D eigenvalue weighted by Crippen LogP contribution is 2.21. The number of carbonyl (C=O) groups is 1. The molecule has 134 valence electrons. The quantitative estimate of drug-likeness (QED) is 0.704. The zero-order chi connectivity index (χ0) is 19.2. The maximum absolute atomic E-state index is 12.3. The normalized spacial score (nSPS) is 11.3. The molecule has 0 radical (unpaired) electrons. The molecule has 0 aliphatic rings. The smallest absolute Gasteiger partial charge is 0.319 e. The minimum Gasteiger partial charge on any atom is -0.331 e. The number of carbonyl (C=O) groups excluding carboxylic acids is 1. The molecule has 0 fully saturated rings. The Kier molecular flexibility index (Phi) is 5.48. The molecule has 5 nitrogen and oxygen atoms in total. The number of hydrogen-bond acceptors (Lipinski definition) is 3. The van der Waals surface area contributed by atoms with Gasteiger partial charge >= 0.3 is 6.03 Å². The first-order valence-electron chi connectivity index (χ1n) is 8.66. The van der Waals surface area contributed by atoms with Gasteiger partial charge < -0.3 is 10.6 Å². The Bertz CT molecular complexity index is 990. The molecule has 0 bridgehead atoms. The molecule has 3 rings (SSSR count). The number of nitrogens with zero attached hydrogens (tertiary/aromatic N) is 2. The summed E-state index contributed by atoms with van der Waals surface area (Å²) in [4.78, 5) is 16.5. The molecule has 0 aliphatic heterocycles. The molecule has 2 aromatic carbocycles. The number of rotatable bonds is 4. The minimum atomic E-state index is -0.294. The summed E-state index contributed by atoms with van der Waals surface area (Å²) < 4.78 is 0. The van der Waals surface area contributed by atoms with Gasteiger partial charge in [0.25, 0.3) is 0 Å². The summed E-state index contributed by atoms with van der Waals surface area (Å²) in [6, 6.07) is 20.4. The van der Waals surface area contributed by atoms with E-state index < -0.39 is 0 Å². The highest BCUT2D eigenvalue weighted by Gasteiger charge is 2.10. The van der Waals surface area contributed by atoms with Crippen LogP contribution in [0.25, 0.3) is 11.1 Å². The number of hydrogen-bond donors (Lipinski definition) is 2. The van der Waals surface area contributed by atoms with Crippen molar-refractivity contribution in [1.82, 2.24) is 10.3 Å². The number of nitriles is 1. The van der Waals surface area contributed by atoms with Crippen molar-refractivity contribution < 1.29 is 4.79 Å². The summed E-state index contributed by atoms with van der Waals surface area (Å²) in [7, 11) is 0. The Hall–Kier alpha value is -3.65. The third-order valence-electron chi connectivity index (χ3n) is 4.24. The second-order valence-corrected chi connectivity index (χ2v) is 6.32. The summed E-state index contributed by atoms with van der Waals surface area (Å²) in [6.45, 7) is 3.84. The van der Waals surface area contributed by atoms with Crippen LogP contribution in [0.1, 0.15) is 29.8 Å². The largest absolute Gasteiger partial charge is 0.331 e. The molecule has 0 spiro atoms. The number of benzene rings is 2. The van der Waals surface area contributed by atoms with Crippen LogP contribution in [0.2, 0.25) is 0 Å². The zero-order valence-corrected chi connectivity index (χ0v) is 15.2. The first-order valence-corrected chi connectivity index (χ1v) is 8.66. The van der Waals surface area contributed by atoms with Crippen LogP contribution >= 0.6 is 0 Å². The fourth-order valence-electron chi connectivity index (χ4n) is 2.80. The minimum absolute atomic E-state index is 0.211. The third-order valence-corrected chi connectivity index (χ3v) is 4.24. The van der Waals surface area contributed by atoms with E-state index in [2.05, 4.69) is 21.7 Å². The number of aryl methyl sites for hydroxylation is 1. The van der Waals surface area contributed by atoms with Crippen LogP contribution in [0.15, 0.2) is 66.9 Å². The fraction of sp³-hybridized carbons (Fsp3) is 0.136. The van der Waals surface area contributed by atoms with Crippen LogP contribution in [0.3, 0.4) is 0 Å². The van der Waals surface area contributed by atoms with E-state index in [1.807, 2.05) is 62.4 Å². The van der Waals surface area contributed by atoms with Crippen LogP contribution in [0, 0.1) is 18.3 Å². The summed E-state index contributed by atoms with van der Waals surface area (Å²) in [5, 5.41) is 14.7.